The molecule has 3 aromatic rings. The second-order valence-electron chi connectivity index (χ2n) is 6.92. The van der Waals surface area contributed by atoms with Gasteiger partial charge in [0, 0.05) is 10.4 Å². The number of fused-ring (bicyclic) bond motifs is 1. The number of rotatable bonds is 6. The van der Waals surface area contributed by atoms with Crippen LogP contribution in [0.15, 0.2) is 47.8 Å². The minimum absolute atomic E-state index is 0.0624. The van der Waals surface area contributed by atoms with Crippen molar-refractivity contribution in [3.63, 3.8) is 0 Å². The van der Waals surface area contributed by atoms with Crippen LogP contribution in [0.4, 0.5) is 5.00 Å². The molecular formula is C22H22N3OS2+. The summed E-state index contributed by atoms with van der Waals surface area (Å²) in [4.78, 5) is 15.1. The van der Waals surface area contributed by atoms with Crippen LogP contribution in [-0.4, -0.2) is 12.5 Å². The Morgan fingerprint density at radius 3 is 2.75 bits per heavy atom. The first-order valence-corrected chi connectivity index (χ1v) is 11.2. The van der Waals surface area contributed by atoms with E-state index in [1.54, 1.807) is 22.7 Å². The number of nitrogens with zero attached hydrogens (tertiary/aromatic N) is 1. The van der Waals surface area contributed by atoms with Crippen molar-refractivity contribution in [3.8, 4) is 6.07 Å². The normalized spacial score (nSPS) is 14.1. The quantitative estimate of drug-likeness (QED) is 0.650. The molecule has 2 heterocycles. The van der Waals surface area contributed by atoms with Gasteiger partial charge in [0.2, 0.25) is 0 Å². The lowest BCUT2D eigenvalue weighted by atomic mass is 9.96. The van der Waals surface area contributed by atoms with Crippen molar-refractivity contribution in [1.29, 1.82) is 5.26 Å². The standard InChI is InChI=1S/C22H21N3OS2/c23-13-17-16-9-4-5-10-18(16)28-22(17)25-20(26)14-24-21(19-11-6-12-27-19)15-7-2-1-3-8-15/h1-3,6-8,11-12,21,24H,4-5,9-10,14H2,(H,25,26)/p+1/t21-/m1/s1. The van der Waals surface area contributed by atoms with E-state index in [1.807, 2.05) is 24.3 Å². The van der Waals surface area contributed by atoms with Crippen LogP contribution >= 0.6 is 22.7 Å². The second kappa shape index (κ2) is 8.70. The molecule has 142 valence electrons. The van der Waals surface area contributed by atoms with E-state index in [9.17, 15) is 10.1 Å². The summed E-state index contributed by atoms with van der Waals surface area (Å²) < 4.78 is 0. The Hall–Kier alpha value is -2.46. The Bertz CT molecular complexity index is 987. The lowest BCUT2D eigenvalue weighted by molar-refractivity contribution is -0.675. The SMILES string of the molecule is N#Cc1c(NC(=O)C[NH2+][C@H](c2ccccc2)c2cccs2)sc2c1CCCC2. The molecule has 4 rings (SSSR count). The number of hydrogen-bond acceptors (Lipinski definition) is 4. The summed E-state index contributed by atoms with van der Waals surface area (Å²) >= 11 is 3.28. The van der Waals surface area contributed by atoms with Crippen LogP contribution in [0.2, 0.25) is 0 Å². The number of thiophene rings is 2. The number of carbonyl (C=O) groups excluding carboxylic acids is 1. The largest absolute Gasteiger partial charge is 0.328 e. The smallest absolute Gasteiger partial charge is 0.280 e. The van der Waals surface area contributed by atoms with Gasteiger partial charge < -0.3 is 10.6 Å². The number of nitrogens with one attached hydrogen (secondary N) is 1. The van der Waals surface area contributed by atoms with Crippen LogP contribution in [0.25, 0.3) is 0 Å². The van der Waals surface area contributed by atoms with Crippen molar-refractivity contribution in [2.24, 2.45) is 0 Å². The molecule has 0 aliphatic heterocycles. The number of anilines is 1. The molecule has 0 spiro atoms. The zero-order valence-corrected chi connectivity index (χ0v) is 17.1. The highest BCUT2D eigenvalue weighted by molar-refractivity contribution is 7.16. The van der Waals surface area contributed by atoms with Crippen molar-refractivity contribution in [2.75, 3.05) is 11.9 Å². The van der Waals surface area contributed by atoms with Gasteiger partial charge in [0.15, 0.2) is 6.54 Å². The van der Waals surface area contributed by atoms with Gasteiger partial charge in [-0.15, -0.1) is 22.7 Å². The number of nitrogens with two attached hydrogens (primary N) is 1. The minimum Gasteiger partial charge on any atom is -0.328 e. The van der Waals surface area contributed by atoms with Gasteiger partial charge in [-0.2, -0.15) is 5.26 Å². The number of hydrogen-bond donors (Lipinski definition) is 2. The number of benzene rings is 1. The van der Waals surface area contributed by atoms with E-state index in [0.29, 0.717) is 12.1 Å². The van der Waals surface area contributed by atoms with Gasteiger partial charge in [0.25, 0.3) is 5.91 Å². The van der Waals surface area contributed by atoms with Crippen LogP contribution in [0.1, 0.15) is 45.3 Å². The summed E-state index contributed by atoms with van der Waals surface area (Å²) in [5.74, 6) is -0.0624. The highest BCUT2D eigenvalue weighted by Crippen LogP contribution is 2.37. The third kappa shape index (κ3) is 4.02. The maximum absolute atomic E-state index is 12.7. The summed E-state index contributed by atoms with van der Waals surface area (Å²) in [6.45, 7) is 0.310. The Morgan fingerprint density at radius 1 is 1.18 bits per heavy atom. The Balaban J connectivity index is 1.46. The predicted octanol–water partition coefficient (Wildman–Crippen LogP) is 3.85. The van der Waals surface area contributed by atoms with E-state index in [0.717, 1.165) is 29.8 Å². The van der Waals surface area contributed by atoms with E-state index in [2.05, 4.69) is 40.3 Å². The molecule has 1 aliphatic rings. The van der Waals surface area contributed by atoms with Crippen LogP contribution in [0.5, 0.6) is 0 Å². The molecule has 0 fully saturated rings. The van der Waals surface area contributed by atoms with Crippen LogP contribution in [0.3, 0.4) is 0 Å². The number of aryl methyl sites for hydroxylation is 1. The number of quaternary nitrogens is 1. The van der Waals surface area contributed by atoms with E-state index in [1.165, 1.54) is 21.7 Å². The first-order chi connectivity index (χ1) is 13.8. The molecule has 0 bridgehead atoms. The summed E-state index contributed by atoms with van der Waals surface area (Å²) in [5.41, 5.74) is 3.01. The Morgan fingerprint density at radius 2 is 2.00 bits per heavy atom. The van der Waals surface area contributed by atoms with Gasteiger partial charge in [-0.05, 0) is 42.7 Å². The molecule has 6 heteroatoms. The monoisotopic (exact) mass is 408 g/mol. The zero-order valence-electron chi connectivity index (χ0n) is 15.5. The average molecular weight is 409 g/mol. The molecule has 1 atom stereocenters. The molecule has 0 unspecified atom stereocenters. The lowest BCUT2D eigenvalue weighted by Gasteiger charge is -2.14. The van der Waals surface area contributed by atoms with Crippen molar-refractivity contribution in [3.05, 3.63) is 74.3 Å². The molecule has 1 aliphatic carbocycles. The van der Waals surface area contributed by atoms with E-state index in [-0.39, 0.29) is 11.9 Å². The zero-order chi connectivity index (χ0) is 19.3. The fourth-order valence-electron chi connectivity index (χ4n) is 3.72. The molecule has 0 saturated carbocycles. The van der Waals surface area contributed by atoms with Crippen molar-refractivity contribution >= 4 is 33.6 Å². The van der Waals surface area contributed by atoms with E-state index in [4.69, 9.17) is 0 Å². The summed E-state index contributed by atoms with van der Waals surface area (Å²) in [6.07, 6.45) is 4.26. The molecule has 4 nitrogen and oxygen atoms in total. The van der Waals surface area contributed by atoms with Gasteiger partial charge in [-0.1, -0.05) is 36.4 Å². The van der Waals surface area contributed by atoms with Gasteiger partial charge in [-0.25, -0.2) is 0 Å². The van der Waals surface area contributed by atoms with Gasteiger partial charge in [0.1, 0.15) is 17.1 Å². The van der Waals surface area contributed by atoms with Crippen molar-refractivity contribution < 1.29 is 10.1 Å². The van der Waals surface area contributed by atoms with E-state index < -0.39 is 0 Å². The summed E-state index contributed by atoms with van der Waals surface area (Å²) in [5, 5.41) is 17.4. The molecular weight excluding hydrogens is 386 g/mol. The molecule has 28 heavy (non-hydrogen) atoms. The lowest BCUT2D eigenvalue weighted by Crippen LogP contribution is -2.87. The van der Waals surface area contributed by atoms with E-state index >= 15 is 0 Å². The van der Waals surface area contributed by atoms with Crippen molar-refractivity contribution in [2.45, 2.75) is 31.7 Å². The molecule has 2 aromatic heterocycles. The van der Waals surface area contributed by atoms with Crippen LogP contribution in [-0.2, 0) is 17.6 Å². The first kappa shape index (κ1) is 18.9. The summed E-state index contributed by atoms with van der Waals surface area (Å²) in [6, 6.07) is 16.8. The fourth-order valence-corrected chi connectivity index (χ4v) is 5.83. The third-order valence-corrected chi connectivity index (χ3v) is 7.25. The number of amides is 1. The number of nitriles is 1. The fraction of sp³-hybridized carbons (Fsp3) is 0.273. The molecule has 0 radical (unpaired) electrons. The highest BCUT2D eigenvalue weighted by atomic mass is 32.1. The Kier molecular flexibility index (Phi) is 5.87. The average Bonchev–Trinajstić information content (AvgIpc) is 3.36. The maximum atomic E-state index is 12.7. The molecule has 3 N–H and O–H groups in total. The molecule has 0 saturated heterocycles. The summed E-state index contributed by atoms with van der Waals surface area (Å²) in [7, 11) is 0. The minimum atomic E-state index is -0.0624. The predicted molar refractivity (Wildman–Crippen MR) is 114 cm³/mol. The van der Waals surface area contributed by atoms with Crippen LogP contribution in [0, 0.1) is 11.3 Å². The molecule has 1 aromatic carbocycles. The first-order valence-electron chi connectivity index (χ1n) is 9.52. The third-order valence-electron chi connectivity index (χ3n) is 5.08. The Labute approximate surface area is 172 Å². The highest BCUT2D eigenvalue weighted by Gasteiger charge is 2.23. The topological polar surface area (TPSA) is 69.5 Å². The second-order valence-corrected chi connectivity index (χ2v) is 9.00. The van der Waals surface area contributed by atoms with Crippen molar-refractivity contribution in [1.82, 2.24) is 0 Å². The van der Waals surface area contributed by atoms with Crippen LogP contribution < -0.4 is 10.6 Å². The maximum Gasteiger partial charge on any atom is 0.280 e. The van der Waals surface area contributed by atoms with Gasteiger partial charge >= 0.3 is 0 Å². The number of carbonyl (C=O) groups is 1. The van der Waals surface area contributed by atoms with Gasteiger partial charge in [0.05, 0.1) is 10.4 Å². The van der Waals surface area contributed by atoms with Gasteiger partial charge in [-0.3, -0.25) is 4.79 Å². The molecule has 1 amide bonds.